The minimum absolute atomic E-state index is 0.0486. The van der Waals surface area contributed by atoms with Gasteiger partial charge in [0.1, 0.15) is 0 Å². The normalized spacial score (nSPS) is 14.8. The van der Waals surface area contributed by atoms with Crippen LogP contribution in [0.1, 0.15) is 26.3 Å². The fourth-order valence-electron chi connectivity index (χ4n) is 3.20. The minimum Gasteiger partial charge on any atom is -0.379 e. The molecule has 1 fully saturated rings. The van der Waals surface area contributed by atoms with Gasteiger partial charge in [-0.3, -0.25) is 14.5 Å². The highest BCUT2D eigenvalue weighted by Gasteiger charge is 2.15. The maximum absolute atomic E-state index is 12.3. The van der Waals surface area contributed by atoms with E-state index < -0.39 is 0 Å². The molecule has 0 unspecified atom stereocenters. The lowest BCUT2D eigenvalue weighted by molar-refractivity contribution is -0.118. The Balaban J connectivity index is 1.42. The van der Waals surface area contributed by atoms with Crippen LogP contribution in [0.4, 0.5) is 11.4 Å². The van der Waals surface area contributed by atoms with E-state index in [0.717, 1.165) is 18.0 Å². The number of nitrogens with zero attached hydrogens (tertiary/aromatic N) is 1. The second kappa shape index (κ2) is 10.8. The number of carbonyl (C=O) groups excluding carboxylic acids is 2. The standard InChI is InChI=1S/C24H31N3O3S/c1-24(2,3)18-4-10-21(11-5-18)31-17-23(29)26-20-8-6-19(7-9-20)25-22(28)16-27-12-14-30-15-13-27/h4-11H,12-17H2,1-3H3,(H,25,28)(H,26,29). The summed E-state index contributed by atoms with van der Waals surface area (Å²) < 4.78 is 5.29. The zero-order valence-corrected chi connectivity index (χ0v) is 19.3. The van der Waals surface area contributed by atoms with Crippen molar-refractivity contribution in [2.24, 2.45) is 0 Å². The quantitative estimate of drug-likeness (QED) is 0.636. The Labute approximate surface area is 188 Å². The number of morpholine rings is 1. The second-order valence-electron chi connectivity index (χ2n) is 8.63. The fourth-order valence-corrected chi connectivity index (χ4v) is 3.90. The van der Waals surface area contributed by atoms with E-state index in [1.807, 2.05) is 0 Å². The molecule has 0 aliphatic carbocycles. The van der Waals surface area contributed by atoms with Gasteiger partial charge < -0.3 is 15.4 Å². The Morgan fingerprint density at radius 2 is 1.45 bits per heavy atom. The third-order valence-electron chi connectivity index (χ3n) is 5.01. The Hall–Kier alpha value is -2.35. The van der Waals surface area contributed by atoms with Crippen molar-refractivity contribution in [1.29, 1.82) is 0 Å². The van der Waals surface area contributed by atoms with Gasteiger partial charge in [-0.15, -0.1) is 11.8 Å². The third-order valence-corrected chi connectivity index (χ3v) is 6.03. The number of ether oxygens (including phenoxy) is 1. The summed E-state index contributed by atoms with van der Waals surface area (Å²) in [5, 5.41) is 5.79. The molecule has 1 saturated heterocycles. The van der Waals surface area contributed by atoms with Crippen molar-refractivity contribution in [2.75, 3.05) is 49.2 Å². The van der Waals surface area contributed by atoms with E-state index >= 15 is 0 Å². The summed E-state index contributed by atoms with van der Waals surface area (Å²) in [7, 11) is 0. The van der Waals surface area contributed by atoms with E-state index in [1.54, 1.807) is 24.3 Å². The van der Waals surface area contributed by atoms with E-state index in [9.17, 15) is 9.59 Å². The van der Waals surface area contributed by atoms with Gasteiger partial charge in [-0.05, 0) is 47.4 Å². The first-order valence-electron chi connectivity index (χ1n) is 10.5. The molecule has 7 heteroatoms. The Kier molecular flexibility index (Phi) is 8.12. The summed E-state index contributed by atoms with van der Waals surface area (Å²) >= 11 is 1.51. The summed E-state index contributed by atoms with van der Waals surface area (Å²) in [4.78, 5) is 27.6. The van der Waals surface area contributed by atoms with Gasteiger partial charge in [0.25, 0.3) is 0 Å². The molecule has 1 heterocycles. The summed E-state index contributed by atoms with van der Waals surface area (Å²) in [5.41, 5.74) is 2.82. The lowest BCUT2D eigenvalue weighted by Gasteiger charge is -2.25. The number of hydrogen-bond acceptors (Lipinski definition) is 5. The molecule has 2 aromatic carbocycles. The molecular weight excluding hydrogens is 410 g/mol. The van der Waals surface area contributed by atoms with Crippen molar-refractivity contribution in [3.8, 4) is 0 Å². The van der Waals surface area contributed by atoms with Crippen LogP contribution in [-0.4, -0.2) is 55.3 Å². The van der Waals surface area contributed by atoms with Crippen molar-refractivity contribution >= 4 is 35.0 Å². The average Bonchev–Trinajstić information content (AvgIpc) is 2.74. The van der Waals surface area contributed by atoms with Crippen LogP contribution in [0, 0.1) is 0 Å². The number of thioether (sulfide) groups is 1. The smallest absolute Gasteiger partial charge is 0.238 e. The zero-order chi connectivity index (χ0) is 22.3. The van der Waals surface area contributed by atoms with Gasteiger partial charge in [0.2, 0.25) is 11.8 Å². The third kappa shape index (κ3) is 7.69. The van der Waals surface area contributed by atoms with Crippen LogP contribution in [0.15, 0.2) is 53.4 Å². The Morgan fingerprint density at radius 3 is 2.00 bits per heavy atom. The number of amides is 2. The summed E-state index contributed by atoms with van der Waals surface area (Å²) in [6.07, 6.45) is 0. The Morgan fingerprint density at radius 1 is 0.903 bits per heavy atom. The number of benzene rings is 2. The molecule has 1 aliphatic heterocycles. The molecule has 1 aliphatic rings. The fraction of sp³-hybridized carbons (Fsp3) is 0.417. The van der Waals surface area contributed by atoms with Crippen molar-refractivity contribution in [3.63, 3.8) is 0 Å². The van der Waals surface area contributed by atoms with Crippen molar-refractivity contribution in [3.05, 3.63) is 54.1 Å². The second-order valence-corrected chi connectivity index (χ2v) is 9.67. The predicted molar refractivity (Wildman–Crippen MR) is 127 cm³/mol. The van der Waals surface area contributed by atoms with E-state index in [2.05, 4.69) is 60.6 Å². The van der Waals surface area contributed by atoms with Crippen LogP contribution in [-0.2, 0) is 19.7 Å². The molecule has 6 nitrogen and oxygen atoms in total. The molecule has 3 rings (SSSR count). The topological polar surface area (TPSA) is 70.7 Å². The van der Waals surface area contributed by atoms with Crippen LogP contribution in [0.25, 0.3) is 0 Å². The van der Waals surface area contributed by atoms with Crippen LogP contribution in [0.3, 0.4) is 0 Å². The summed E-state index contributed by atoms with van der Waals surface area (Å²) in [6, 6.07) is 15.5. The maximum Gasteiger partial charge on any atom is 0.238 e. The minimum atomic E-state index is -0.0611. The van der Waals surface area contributed by atoms with Gasteiger partial charge in [0.05, 0.1) is 25.5 Å². The SMILES string of the molecule is CC(C)(C)c1ccc(SCC(=O)Nc2ccc(NC(=O)CN3CCOCC3)cc2)cc1. The van der Waals surface area contributed by atoms with Crippen molar-refractivity contribution < 1.29 is 14.3 Å². The van der Waals surface area contributed by atoms with E-state index in [0.29, 0.717) is 36.9 Å². The van der Waals surface area contributed by atoms with E-state index in [4.69, 9.17) is 4.74 Å². The molecule has 0 saturated carbocycles. The molecule has 2 amide bonds. The molecule has 31 heavy (non-hydrogen) atoms. The zero-order valence-electron chi connectivity index (χ0n) is 18.4. The van der Waals surface area contributed by atoms with Crippen molar-refractivity contribution in [1.82, 2.24) is 4.90 Å². The van der Waals surface area contributed by atoms with E-state index in [-0.39, 0.29) is 17.2 Å². The number of anilines is 2. The molecule has 0 aromatic heterocycles. The van der Waals surface area contributed by atoms with Gasteiger partial charge >= 0.3 is 0 Å². The first-order valence-corrected chi connectivity index (χ1v) is 11.5. The number of nitrogens with one attached hydrogen (secondary N) is 2. The van der Waals surface area contributed by atoms with Crippen molar-refractivity contribution in [2.45, 2.75) is 31.1 Å². The monoisotopic (exact) mass is 441 g/mol. The first kappa shape index (κ1) is 23.3. The largest absolute Gasteiger partial charge is 0.379 e. The highest BCUT2D eigenvalue weighted by molar-refractivity contribution is 8.00. The average molecular weight is 442 g/mol. The summed E-state index contributed by atoms with van der Waals surface area (Å²) in [6.45, 7) is 9.80. The van der Waals surface area contributed by atoms with Gasteiger partial charge in [0.15, 0.2) is 0 Å². The molecule has 2 N–H and O–H groups in total. The van der Waals surface area contributed by atoms with Crippen LogP contribution < -0.4 is 10.6 Å². The summed E-state index contributed by atoms with van der Waals surface area (Å²) in [5.74, 6) is 0.231. The van der Waals surface area contributed by atoms with Gasteiger partial charge in [0, 0.05) is 29.4 Å². The molecular formula is C24H31N3O3S. The number of carbonyl (C=O) groups is 2. The molecule has 166 valence electrons. The molecule has 0 bridgehead atoms. The number of hydrogen-bond donors (Lipinski definition) is 2. The van der Waals surface area contributed by atoms with Gasteiger partial charge in [-0.25, -0.2) is 0 Å². The molecule has 0 radical (unpaired) electrons. The maximum atomic E-state index is 12.3. The van der Waals surface area contributed by atoms with Crippen LogP contribution >= 0.6 is 11.8 Å². The number of rotatable bonds is 7. The lowest BCUT2D eigenvalue weighted by atomic mass is 9.87. The van der Waals surface area contributed by atoms with E-state index in [1.165, 1.54) is 17.3 Å². The van der Waals surface area contributed by atoms with Gasteiger partial charge in [-0.1, -0.05) is 32.9 Å². The molecule has 0 spiro atoms. The highest BCUT2D eigenvalue weighted by atomic mass is 32.2. The van der Waals surface area contributed by atoms with Gasteiger partial charge in [-0.2, -0.15) is 0 Å². The predicted octanol–water partition coefficient (Wildman–Crippen LogP) is 3.99. The highest BCUT2D eigenvalue weighted by Crippen LogP contribution is 2.25. The lowest BCUT2D eigenvalue weighted by Crippen LogP contribution is -2.41. The van der Waals surface area contributed by atoms with Crippen LogP contribution in [0.2, 0.25) is 0 Å². The molecule has 2 aromatic rings. The molecule has 0 atom stereocenters. The Bertz CT molecular complexity index is 870. The van der Waals surface area contributed by atoms with Crippen LogP contribution in [0.5, 0.6) is 0 Å². The first-order chi connectivity index (χ1) is 14.8.